The maximum Gasteiger partial charge on any atom is 0.0457 e. The smallest absolute Gasteiger partial charge is 0.0457 e. The molecule has 1 aromatic carbocycles. The Kier molecular flexibility index (Phi) is 3.21. The first-order valence-corrected chi connectivity index (χ1v) is 5.81. The molecule has 0 saturated heterocycles. The monoisotopic (exact) mass is 254 g/mol. The van der Waals surface area contributed by atoms with Gasteiger partial charge in [0.15, 0.2) is 0 Å². The second-order valence-corrected chi connectivity index (χ2v) is 4.61. The van der Waals surface area contributed by atoms with Gasteiger partial charge in [0.05, 0.1) is 0 Å². The molecule has 3 N–H and O–H groups in total. The molecule has 1 unspecified atom stereocenters. The van der Waals surface area contributed by atoms with Gasteiger partial charge in [-0.2, -0.15) is 0 Å². The fourth-order valence-corrected chi connectivity index (χ4v) is 2.14. The SMILES string of the molecule is NCC(NC1CC1)c1ccccc1Br. The second kappa shape index (κ2) is 4.43. The molecule has 1 aliphatic rings. The van der Waals surface area contributed by atoms with Crippen LogP contribution < -0.4 is 11.1 Å². The van der Waals surface area contributed by atoms with Crippen LogP contribution in [0.2, 0.25) is 0 Å². The lowest BCUT2D eigenvalue weighted by atomic mass is 10.1. The lowest BCUT2D eigenvalue weighted by molar-refractivity contribution is 0.537. The lowest BCUT2D eigenvalue weighted by Gasteiger charge is -2.18. The fraction of sp³-hybridized carbons (Fsp3) is 0.455. The summed E-state index contributed by atoms with van der Waals surface area (Å²) in [7, 11) is 0. The predicted molar refractivity (Wildman–Crippen MR) is 62.1 cm³/mol. The summed E-state index contributed by atoms with van der Waals surface area (Å²) in [5.74, 6) is 0. The average molecular weight is 255 g/mol. The van der Waals surface area contributed by atoms with Gasteiger partial charge in [-0.3, -0.25) is 0 Å². The molecule has 0 spiro atoms. The minimum Gasteiger partial charge on any atom is -0.329 e. The molecule has 2 rings (SSSR count). The Hall–Kier alpha value is -0.380. The molecule has 1 aliphatic carbocycles. The van der Waals surface area contributed by atoms with E-state index >= 15 is 0 Å². The molecule has 0 aliphatic heterocycles. The van der Waals surface area contributed by atoms with Gasteiger partial charge in [0, 0.05) is 23.1 Å². The van der Waals surface area contributed by atoms with Crippen molar-refractivity contribution in [2.75, 3.05) is 6.54 Å². The van der Waals surface area contributed by atoms with E-state index in [2.05, 4.69) is 39.4 Å². The van der Waals surface area contributed by atoms with E-state index in [4.69, 9.17) is 5.73 Å². The Morgan fingerprint density at radius 1 is 1.43 bits per heavy atom. The van der Waals surface area contributed by atoms with Crippen molar-refractivity contribution in [2.24, 2.45) is 5.73 Å². The van der Waals surface area contributed by atoms with Crippen LogP contribution in [0.25, 0.3) is 0 Å². The maximum absolute atomic E-state index is 5.77. The molecule has 3 heteroatoms. The molecular weight excluding hydrogens is 240 g/mol. The molecule has 1 atom stereocenters. The Morgan fingerprint density at radius 2 is 2.14 bits per heavy atom. The average Bonchev–Trinajstić information content (AvgIpc) is 2.99. The van der Waals surface area contributed by atoms with E-state index in [-0.39, 0.29) is 6.04 Å². The third kappa shape index (κ3) is 2.35. The Balaban J connectivity index is 2.12. The summed E-state index contributed by atoms with van der Waals surface area (Å²) in [5.41, 5.74) is 7.03. The highest BCUT2D eigenvalue weighted by Gasteiger charge is 2.25. The van der Waals surface area contributed by atoms with Crippen LogP contribution in [0.3, 0.4) is 0 Å². The van der Waals surface area contributed by atoms with Gasteiger partial charge in [-0.25, -0.2) is 0 Å². The topological polar surface area (TPSA) is 38.0 Å². The van der Waals surface area contributed by atoms with Gasteiger partial charge >= 0.3 is 0 Å². The third-order valence-corrected chi connectivity index (χ3v) is 3.25. The standard InChI is InChI=1S/C11H15BrN2/c12-10-4-2-1-3-9(10)11(7-13)14-8-5-6-8/h1-4,8,11,14H,5-7,13H2. The van der Waals surface area contributed by atoms with Crippen molar-refractivity contribution < 1.29 is 0 Å². The van der Waals surface area contributed by atoms with Crippen LogP contribution in [-0.4, -0.2) is 12.6 Å². The number of nitrogens with one attached hydrogen (secondary N) is 1. The lowest BCUT2D eigenvalue weighted by Crippen LogP contribution is -2.30. The number of halogens is 1. The number of benzene rings is 1. The highest BCUT2D eigenvalue weighted by Crippen LogP contribution is 2.27. The zero-order valence-corrected chi connectivity index (χ0v) is 9.63. The van der Waals surface area contributed by atoms with E-state index in [0.717, 1.165) is 4.47 Å². The Labute approximate surface area is 93.0 Å². The first-order chi connectivity index (χ1) is 6.81. The summed E-state index contributed by atoms with van der Waals surface area (Å²) < 4.78 is 1.14. The van der Waals surface area contributed by atoms with Gasteiger partial charge in [-0.05, 0) is 24.5 Å². The minimum atomic E-state index is 0.290. The van der Waals surface area contributed by atoms with Gasteiger partial charge < -0.3 is 11.1 Å². The van der Waals surface area contributed by atoms with Crippen molar-refractivity contribution in [3.05, 3.63) is 34.3 Å². The van der Waals surface area contributed by atoms with E-state index in [1.165, 1.54) is 18.4 Å². The molecule has 2 nitrogen and oxygen atoms in total. The molecule has 0 heterocycles. The molecule has 0 bridgehead atoms. The molecule has 76 valence electrons. The quantitative estimate of drug-likeness (QED) is 0.865. The molecule has 14 heavy (non-hydrogen) atoms. The Morgan fingerprint density at radius 3 is 2.71 bits per heavy atom. The van der Waals surface area contributed by atoms with Gasteiger partial charge in [0.25, 0.3) is 0 Å². The summed E-state index contributed by atoms with van der Waals surface area (Å²) >= 11 is 3.55. The van der Waals surface area contributed by atoms with Crippen molar-refractivity contribution in [1.82, 2.24) is 5.32 Å². The van der Waals surface area contributed by atoms with Gasteiger partial charge in [0.2, 0.25) is 0 Å². The maximum atomic E-state index is 5.77. The normalized spacial score (nSPS) is 18.1. The van der Waals surface area contributed by atoms with Crippen molar-refractivity contribution in [3.63, 3.8) is 0 Å². The summed E-state index contributed by atoms with van der Waals surface area (Å²) in [6, 6.07) is 9.24. The van der Waals surface area contributed by atoms with Crippen LogP contribution in [0.4, 0.5) is 0 Å². The highest BCUT2D eigenvalue weighted by molar-refractivity contribution is 9.10. The summed E-state index contributed by atoms with van der Waals surface area (Å²) in [5, 5.41) is 3.54. The number of nitrogens with two attached hydrogens (primary N) is 1. The van der Waals surface area contributed by atoms with E-state index in [1.807, 2.05) is 6.07 Å². The molecule has 1 saturated carbocycles. The van der Waals surface area contributed by atoms with E-state index in [1.54, 1.807) is 0 Å². The van der Waals surface area contributed by atoms with Crippen molar-refractivity contribution in [3.8, 4) is 0 Å². The predicted octanol–water partition coefficient (Wildman–Crippen LogP) is 2.20. The van der Waals surface area contributed by atoms with Gasteiger partial charge in [-0.1, -0.05) is 34.1 Å². The van der Waals surface area contributed by atoms with Crippen LogP contribution in [0.5, 0.6) is 0 Å². The fourth-order valence-electron chi connectivity index (χ4n) is 1.58. The molecule has 1 fully saturated rings. The second-order valence-electron chi connectivity index (χ2n) is 3.75. The van der Waals surface area contributed by atoms with E-state index in [0.29, 0.717) is 12.6 Å². The first-order valence-electron chi connectivity index (χ1n) is 5.02. The largest absolute Gasteiger partial charge is 0.329 e. The molecule has 1 aromatic rings. The first kappa shape index (κ1) is 10.1. The zero-order valence-electron chi connectivity index (χ0n) is 8.04. The number of hydrogen-bond donors (Lipinski definition) is 2. The molecule has 0 radical (unpaired) electrons. The van der Waals surface area contributed by atoms with Crippen molar-refractivity contribution >= 4 is 15.9 Å². The van der Waals surface area contributed by atoms with Crippen LogP contribution in [-0.2, 0) is 0 Å². The third-order valence-electron chi connectivity index (χ3n) is 2.53. The minimum absolute atomic E-state index is 0.290. The molecule has 0 amide bonds. The van der Waals surface area contributed by atoms with Gasteiger partial charge in [0.1, 0.15) is 0 Å². The van der Waals surface area contributed by atoms with Crippen LogP contribution in [0, 0.1) is 0 Å². The van der Waals surface area contributed by atoms with Crippen molar-refractivity contribution in [2.45, 2.75) is 24.9 Å². The van der Waals surface area contributed by atoms with E-state index < -0.39 is 0 Å². The highest BCUT2D eigenvalue weighted by atomic mass is 79.9. The van der Waals surface area contributed by atoms with Crippen molar-refractivity contribution in [1.29, 1.82) is 0 Å². The number of rotatable bonds is 4. The van der Waals surface area contributed by atoms with Crippen LogP contribution >= 0.6 is 15.9 Å². The Bertz CT molecular complexity index is 310. The molecule has 0 aromatic heterocycles. The van der Waals surface area contributed by atoms with Crippen LogP contribution in [0.15, 0.2) is 28.7 Å². The summed E-state index contributed by atoms with van der Waals surface area (Å²) in [6.45, 7) is 0.652. The van der Waals surface area contributed by atoms with E-state index in [9.17, 15) is 0 Å². The molecular formula is C11H15BrN2. The summed E-state index contributed by atoms with van der Waals surface area (Å²) in [4.78, 5) is 0. The zero-order chi connectivity index (χ0) is 9.97. The number of hydrogen-bond acceptors (Lipinski definition) is 2. The van der Waals surface area contributed by atoms with Gasteiger partial charge in [-0.15, -0.1) is 0 Å². The summed E-state index contributed by atoms with van der Waals surface area (Å²) in [6.07, 6.45) is 2.59. The van der Waals surface area contributed by atoms with Crippen LogP contribution in [0.1, 0.15) is 24.4 Å².